The maximum absolute atomic E-state index is 11.6. The first-order valence-corrected chi connectivity index (χ1v) is 6.30. The van der Waals surface area contributed by atoms with Crippen molar-refractivity contribution in [2.75, 3.05) is 13.1 Å². The Bertz CT molecular complexity index is 446. The molecule has 0 saturated heterocycles. The van der Waals surface area contributed by atoms with Crippen molar-refractivity contribution in [2.24, 2.45) is 0 Å². The maximum Gasteiger partial charge on any atom is 0.239 e. The van der Waals surface area contributed by atoms with E-state index in [9.17, 15) is 9.59 Å². The van der Waals surface area contributed by atoms with E-state index < -0.39 is 0 Å². The van der Waals surface area contributed by atoms with Crippen molar-refractivity contribution in [1.29, 1.82) is 0 Å². The van der Waals surface area contributed by atoms with Crippen molar-refractivity contribution >= 4 is 27.7 Å². The lowest BCUT2D eigenvalue weighted by Crippen LogP contribution is -2.37. The minimum Gasteiger partial charge on any atom is -0.351 e. The molecule has 0 heterocycles. The Labute approximate surface area is 115 Å². The van der Waals surface area contributed by atoms with Crippen molar-refractivity contribution in [3.8, 4) is 0 Å². The summed E-state index contributed by atoms with van der Waals surface area (Å²) in [6, 6.07) is 7.49. The molecule has 1 rings (SSSR count). The van der Waals surface area contributed by atoms with Crippen LogP contribution in [0.3, 0.4) is 0 Å². The Hall–Kier alpha value is -1.62. The largest absolute Gasteiger partial charge is 0.351 e. The van der Waals surface area contributed by atoms with Gasteiger partial charge in [0, 0.05) is 11.0 Å². The molecule has 18 heavy (non-hydrogen) atoms. The van der Waals surface area contributed by atoms with Crippen LogP contribution in [0.2, 0.25) is 0 Å². The summed E-state index contributed by atoms with van der Waals surface area (Å²) in [6.07, 6.45) is 1.83. The molecule has 0 atom stereocenters. The fourth-order valence-electron chi connectivity index (χ4n) is 1.30. The molecule has 0 bridgehead atoms. The van der Waals surface area contributed by atoms with Crippen molar-refractivity contribution in [2.45, 2.75) is 6.42 Å². The molecule has 4 nitrogen and oxygen atoms in total. The van der Waals surface area contributed by atoms with E-state index in [1.54, 1.807) is 6.08 Å². The minimum atomic E-state index is -0.227. The van der Waals surface area contributed by atoms with Gasteiger partial charge in [0.2, 0.25) is 11.8 Å². The van der Waals surface area contributed by atoms with Crippen LogP contribution in [0, 0.1) is 0 Å². The van der Waals surface area contributed by atoms with Gasteiger partial charge in [-0.15, -0.1) is 6.58 Å². The van der Waals surface area contributed by atoms with Gasteiger partial charge < -0.3 is 10.6 Å². The third-order valence-electron chi connectivity index (χ3n) is 2.20. The van der Waals surface area contributed by atoms with Gasteiger partial charge in [-0.2, -0.15) is 0 Å². The number of rotatable bonds is 6. The van der Waals surface area contributed by atoms with Gasteiger partial charge >= 0.3 is 0 Å². The summed E-state index contributed by atoms with van der Waals surface area (Å²) < 4.78 is 0.885. The van der Waals surface area contributed by atoms with Crippen molar-refractivity contribution in [3.63, 3.8) is 0 Å². The summed E-state index contributed by atoms with van der Waals surface area (Å²) in [5, 5.41) is 5.14. The molecule has 96 valence electrons. The van der Waals surface area contributed by atoms with Crippen molar-refractivity contribution in [3.05, 3.63) is 47.0 Å². The lowest BCUT2D eigenvalue weighted by molar-refractivity contribution is -0.125. The highest BCUT2D eigenvalue weighted by Gasteiger charge is 2.07. The summed E-state index contributed by atoms with van der Waals surface area (Å²) in [5.74, 6) is -0.411. The first-order valence-electron chi connectivity index (χ1n) is 5.51. The SMILES string of the molecule is C=CCNC(=O)CNC(=O)Cc1ccccc1Br. The van der Waals surface area contributed by atoms with E-state index in [0.717, 1.165) is 10.0 Å². The molecule has 5 heteroatoms. The molecule has 2 N–H and O–H groups in total. The normalized spacial score (nSPS) is 9.61. The van der Waals surface area contributed by atoms with Crippen LogP contribution >= 0.6 is 15.9 Å². The van der Waals surface area contributed by atoms with Crippen LogP contribution in [0.1, 0.15) is 5.56 Å². The predicted octanol–water partition coefficient (Wildman–Crippen LogP) is 1.41. The minimum absolute atomic E-state index is 0.0167. The average molecular weight is 311 g/mol. The van der Waals surface area contributed by atoms with Gasteiger partial charge in [0.15, 0.2) is 0 Å². The Morgan fingerprint density at radius 3 is 2.61 bits per heavy atom. The number of halogens is 1. The second-order valence-corrected chi connectivity index (χ2v) is 4.49. The van der Waals surface area contributed by atoms with E-state index in [-0.39, 0.29) is 24.8 Å². The molecule has 0 aromatic heterocycles. The number of amides is 2. The fraction of sp³-hybridized carbons (Fsp3) is 0.231. The maximum atomic E-state index is 11.6. The van der Waals surface area contributed by atoms with Gasteiger partial charge in [-0.1, -0.05) is 40.2 Å². The van der Waals surface area contributed by atoms with Crippen LogP contribution in [0.4, 0.5) is 0 Å². The van der Waals surface area contributed by atoms with E-state index in [1.165, 1.54) is 0 Å². The van der Waals surface area contributed by atoms with Crippen LogP contribution < -0.4 is 10.6 Å². The summed E-state index contributed by atoms with van der Waals surface area (Å²) in [7, 11) is 0. The van der Waals surface area contributed by atoms with Gasteiger partial charge in [-0.3, -0.25) is 9.59 Å². The van der Waals surface area contributed by atoms with Crippen LogP contribution in [0.25, 0.3) is 0 Å². The van der Waals surface area contributed by atoms with Gasteiger partial charge in [-0.05, 0) is 11.6 Å². The first-order chi connectivity index (χ1) is 8.63. The predicted molar refractivity (Wildman–Crippen MR) is 74.1 cm³/mol. The standard InChI is InChI=1S/C13H15BrN2O2/c1-2-7-15-13(18)9-16-12(17)8-10-5-3-4-6-11(10)14/h2-6H,1,7-9H2,(H,15,18)(H,16,17). The monoisotopic (exact) mass is 310 g/mol. The Morgan fingerprint density at radius 1 is 1.22 bits per heavy atom. The smallest absolute Gasteiger partial charge is 0.239 e. The molecule has 0 fully saturated rings. The lowest BCUT2D eigenvalue weighted by atomic mass is 10.1. The topological polar surface area (TPSA) is 58.2 Å². The van der Waals surface area contributed by atoms with Crippen LogP contribution in [-0.4, -0.2) is 24.9 Å². The summed E-state index contributed by atoms with van der Waals surface area (Å²) >= 11 is 3.37. The van der Waals surface area contributed by atoms with E-state index in [2.05, 4.69) is 33.1 Å². The highest BCUT2D eigenvalue weighted by Crippen LogP contribution is 2.15. The summed E-state index contributed by atoms with van der Waals surface area (Å²) in [6.45, 7) is 3.87. The molecule has 2 amide bonds. The number of benzene rings is 1. The van der Waals surface area contributed by atoms with Gasteiger partial charge in [0.05, 0.1) is 13.0 Å². The number of carbonyl (C=O) groups is 2. The van der Waals surface area contributed by atoms with Crippen LogP contribution in [0.5, 0.6) is 0 Å². The zero-order chi connectivity index (χ0) is 13.4. The van der Waals surface area contributed by atoms with Crippen LogP contribution in [-0.2, 0) is 16.0 Å². The molecule has 1 aromatic carbocycles. The molecule has 0 spiro atoms. The number of carbonyl (C=O) groups excluding carboxylic acids is 2. The molecule has 0 aliphatic carbocycles. The van der Waals surface area contributed by atoms with Gasteiger partial charge in [-0.25, -0.2) is 0 Å². The zero-order valence-corrected chi connectivity index (χ0v) is 11.5. The molecular weight excluding hydrogens is 296 g/mol. The average Bonchev–Trinajstić information content (AvgIpc) is 2.36. The number of nitrogens with one attached hydrogen (secondary N) is 2. The lowest BCUT2D eigenvalue weighted by Gasteiger charge is -2.06. The molecule has 0 aliphatic heterocycles. The summed E-state index contributed by atoms with van der Waals surface area (Å²) in [4.78, 5) is 22.9. The summed E-state index contributed by atoms with van der Waals surface area (Å²) in [5.41, 5.74) is 0.890. The second kappa shape index (κ2) is 7.66. The number of hydrogen-bond donors (Lipinski definition) is 2. The van der Waals surface area contributed by atoms with Gasteiger partial charge in [0.1, 0.15) is 0 Å². The third kappa shape index (κ3) is 5.14. The Morgan fingerprint density at radius 2 is 1.94 bits per heavy atom. The van der Waals surface area contributed by atoms with Crippen molar-refractivity contribution < 1.29 is 9.59 Å². The Balaban J connectivity index is 2.36. The van der Waals surface area contributed by atoms with E-state index >= 15 is 0 Å². The van der Waals surface area contributed by atoms with E-state index in [1.807, 2.05) is 24.3 Å². The zero-order valence-electron chi connectivity index (χ0n) is 9.91. The molecule has 1 aromatic rings. The molecule has 0 aliphatic rings. The van der Waals surface area contributed by atoms with Crippen LogP contribution in [0.15, 0.2) is 41.4 Å². The Kier molecular flexibility index (Phi) is 6.14. The molecule has 0 radical (unpaired) electrons. The second-order valence-electron chi connectivity index (χ2n) is 3.64. The molecular formula is C13H15BrN2O2. The highest BCUT2D eigenvalue weighted by atomic mass is 79.9. The van der Waals surface area contributed by atoms with E-state index in [4.69, 9.17) is 0 Å². The number of hydrogen-bond acceptors (Lipinski definition) is 2. The molecule has 0 unspecified atom stereocenters. The van der Waals surface area contributed by atoms with Gasteiger partial charge in [0.25, 0.3) is 0 Å². The van der Waals surface area contributed by atoms with Crippen molar-refractivity contribution in [1.82, 2.24) is 10.6 Å². The highest BCUT2D eigenvalue weighted by molar-refractivity contribution is 9.10. The van der Waals surface area contributed by atoms with E-state index in [0.29, 0.717) is 6.54 Å². The quantitative estimate of drug-likeness (QED) is 0.781. The molecule has 0 saturated carbocycles. The fourth-order valence-corrected chi connectivity index (χ4v) is 1.73. The third-order valence-corrected chi connectivity index (χ3v) is 2.97. The first kappa shape index (κ1) is 14.4.